The molecule has 0 aromatic carbocycles. The van der Waals surface area contributed by atoms with Crippen LogP contribution in [-0.2, 0) is 17.8 Å². The van der Waals surface area contributed by atoms with Crippen molar-refractivity contribution in [1.82, 2.24) is 14.9 Å². The van der Waals surface area contributed by atoms with Gasteiger partial charge in [-0.1, -0.05) is 13.8 Å². The number of rotatable bonds is 6. The van der Waals surface area contributed by atoms with Gasteiger partial charge in [-0.25, -0.2) is 4.98 Å². The second-order valence-electron chi connectivity index (χ2n) is 5.16. The predicted molar refractivity (Wildman–Crippen MR) is 67.7 cm³/mol. The molecular weight excluding hydrogens is 214 g/mol. The van der Waals surface area contributed by atoms with Crippen LogP contribution in [-0.4, -0.2) is 28.8 Å². The molecule has 17 heavy (non-hydrogen) atoms. The summed E-state index contributed by atoms with van der Waals surface area (Å²) in [5, 5.41) is 3.43. The number of hydrogen-bond donors (Lipinski definition) is 1. The third-order valence-corrected chi connectivity index (χ3v) is 3.06. The number of aromatic nitrogens is 2. The van der Waals surface area contributed by atoms with Gasteiger partial charge in [-0.2, -0.15) is 0 Å². The Kier molecular flexibility index (Phi) is 4.57. The lowest BCUT2D eigenvalue weighted by Gasteiger charge is -2.13. The van der Waals surface area contributed by atoms with Gasteiger partial charge in [-0.15, -0.1) is 0 Å². The highest BCUT2D eigenvalue weighted by Gasteiger charge is 2.17. The van der Waals surface area contributed by atoms with Gasteiger partial charge in [-0.05, 0) is 25.3 Å². The van der Waals surface area contributed by atoms with E-state index in [0.717, 1.165) is 32.1 Å². The quantitative estimate of drug-likeness (QED) is 0.820. The van der Waals surface area contributed by atoms with Crippen LogP contribution in [0.2, 0.25) is 0 Å². The summed E-state index contributed by atoms with van der Waals surface area (Å²) in [6, 6.07) is 0. The first-order valence-corrected chi connectivity index (χ1v) is 6.58. The van der Waals surface area contributed by atoms with Crippen LogP contribution in [0.15, 0.2) is 12.4 Å². The van der Waals surface area contributed by atoms with E-state index < -0.39 is 0 Å². The van der Waals surface area contributed by atoms with E-state index >= 15 is 0 Å². The molecule has 1 aromatic rings. The molecule has 2 rings (SSSR count). The summed E-state index contributed by atoms with van der Waals surface area (Å²) < 4.78 is 7.87. The van der Waals surface area contributed by atoms with Crippen molar-refractivity contribution >= 4 is 0 Å². The summed E-state index contributed by atoms with van der Waals surface area (Å²) in [7, 11) is 0. The van der Waals surface area contributed by atoms with Crippen molar-refractivity contribution in [3.05, 3.63) is 18.2 Å². The van der Waals surface area contributed by atoms with Crippen LogP contribution in [0, 0.1) is 5.92 Å². The van der Waals surface area contributed by atoms with Gasteiger partial charge >= 0.3 is 0 Å². The van der Waals surface area contributed by atoms with Gasteiger partial charge in [0.25, 0.3) is 0 Å². The largest absolute Gasteiger partial charge is 0.376 e. The van der Waals surface area contributed by atoms with E-state index in [2.05, 4.69) is 28.7 Å². The molecule has 1 aliphatic heterocycles. The average molecular weight is 237 g/mol. The van der Waals surface area contributed by atoms with Gasteiger partial charge in [0, 0.05) is 19.0 Å². The van der Waals surface area contributed by atoms with Crippen LogP contribution in [0.3, 0.4) is 0 Å². The summed E-state index contributed by atoms with van der Waals surface area (Å²) in [5.74, 6) is 1.79. The highest BCUT2D eigenvalue weighted by Crippen LogP contribution is 2.14. The standard InChI is InChI=1S/C13H23N3O/c1-11(2)8-14-9-13-15-5-6-16(13)10-12-4-3-7-17-12/h5-6,11-12,14H,3-4,7-10H2,1-2H3. The molecule has 96 valence electrons. The van der Waals surface area contributed by atoms with Crippen molar-refractivity contribution < 1.29 is 4.74 Å². The van der Waals surface area contributed by atoms with Crippen LogP contribution < -0.4 is 5.32 Å². The van der Waals surface area contributed by atoms with E-state index in [1.807, 2.05) is 12.4 Å². The molecule has 4 nitrogen and oxygen atoms in total. The van der Waals surface area contributed by atoms with E-state index in [1.54, 1.807) is 0 Å². The van der Waals surface area contributed by atoms with Crippen molar-refractivity contribution in [3.8, 4) is 0 Å². The first kappa shape index (κ1) is 12.6. The lowest BCUT2D eigenvalue weighted by Crippen LogP contribution is -2.23. The summed E-state index contributed by atoms with van der Waals surface area (Å²) in [5.41, 5.74) is 0. The van der Waals surface area contributed by atoms with Crippen LogP contribution >= 0.6 is 0 Å². The highest BCUT2D eigenvalue weighted by atomic mass is 16.5. The van der Waals surface area contributed by atoms with Crippen molar-refractivity contribution in [3.63, 3.8) is 0 Å². The highest BCUT2D eigenvalue weighted by molar-refractivity contribution is 4.93. The molecule has 0 bridgehead atoms. The number of hydrogen-bond acceptors (Lipinski definition) is 3. The fourth-order valence-electron chi connectivity index (χ4n) is 2.15. The van der Waals surface area contributed by atoms with Crippen molar-refractivity contribution in [2.45, 2.75) is 45.9 Å². The SMILES string of the molecule is CC(C)CNCc1nccn1CC1CCCO1. The summed E-state index contributed by atoms with van der Waals surface area (Å²) >= 11 is 0. The molecule has 2 heterocycles. The molecule has 0 radical (unpaired) electrons. The van der Waals surface area contributed by atoms with Gasteiger partial charge in [0.2, 0.25) is 0 Å². The molecule has 0 amide bonds. The Labute approximate surface area is 103 Å². The molecule has 1 atom stereocenters. The van der Waals surface area contributed by atoms with Crippen LogP contribution in [0.5, 0.6) is 0 Å². The third kappa shape index (κ3) is 3.82. The molecule has 0 saturated carbocycles. The average Bonchev–Trinajstić information content (AvgIpc) is 2.91. The molecule has 1 aliphatic rings. The zero-order chi connectivity index (χ0) is 12.1. The molecule has 1 saturated heterocycles. The summed E-state index contributed by atoms with van der Waals surface area (Å²) in [6.07, 6.45) is 6.68. The Hall–Kier alpha value is -0.870. The van der Waals surface area contributed by atoms with Gasteiger partial charge in [-0.3, -0.25) is 0 Å². The number of nitrogens with zero attached hydrogens (tertiary/aromatic N) is 2. The lowest BCUT2D eigenvalue weighted by atomic mass is 10.2. The van der Waals surface area contributed by atoms with Crippen LogP contribution in [0.1, 0.15) is 32.5 Å². The number of nitrogens with one attached hydrogen (secondary N) is 1. The Morgan fingerprint density at radius 3 is 3.18 bits per heavy atom. The predicted octanol–water partition coefficient (Wildman–Crippen LogP) is 1.81. The molecule has 1 fully saturated rings. The number of imidazole rings is 1. The fourth-order valence-corrected chi connectivity index (χ4v) is 2.15. The van der Waals surface area contributed by atoms with E-state index in [-0.39, 0.29) is 0 Å². The molecule has 0 aliphatic carbocycles. The normalized spacial score (nSPS) is 20.3. The van der Waals surface area contributed by atoms with Crippen molar-refractivity contribution in [2.24, 2.45) is 5.92 Å². The monoisotopic (exact) mass is 237 g/mol. The zero-order valence-electron chi connectivity index (χ0n) is 10.9. The second kappa shape index (κ2) is 6.17. The minimum absolute atomic E-state index is 0.382. The Balaban J connectivity index is 1.83. The lowest BCUT2D eigenvalue weighted by molar-refractivity contribution is 0.0962. The second-order valence-corrected chi connectivity index (χ2v) is 5.16. The topological polar surface area (TPSA) is 39.1 Å². The Bertz CT molecular complexity index is 329. The first-order valence-electron chi connectivity index (χ1n) is 6.58. The summed E-state index contributed by atoms with van der Waals surface area (Å²) in [6.45, 7) is 8.17. The minimum atomic E-state index is 0.382. The molecule has 4 heteroatoms. The minimum Gasteiger partial charge on any atom is -0.376 e. The molecule has 1 aromatic heterocycles. The fraction of sp³-hybridized carbons (Fsp3) is 0.769. The van der Waals surface area contributed by atoms with Gasteiger partial charge in [0.1, 0.15) is 5.82 Å². The number of ether oxygens (including phenoxy) is 1. The third-order valence-electron chi connectivity index (χ3n) is 3.06. The van der Waals surface area contributed by atoms with Gasteiger partial charge in [0.15, 0.2) is 0 Å². The molecular formula is C13H23N3O. The van der Waals surface area contributed by atoms with E-state index in [0.29, 0.717) is 12.0 Å². The Morgan fingerprint density at radius 2 is 2.47 bits per heavy atom. The molecule has 1 N–H and O–H groups in total. The maximum Gasteiger partial charge on any atom is 0.122 e. The molecule has 1 unspecified atom stereocenters. The van der Waals surface area contributed by atoms with E-state index in [1.165, 1.54) is 12.8 Å². The molecule has 0 spiro atoms. The first-order chi connectivity index (χ1) is 8.25. The van der Waals surface area contributed by atoms with Crippen molar-refractivity contribution in [1.29, 1.82) is 0 Å². The zero-order valence-corrected chi connectivity index (χ0v) is 10.9. The maximum absolute atomic E-state index is 5.65. The Morgan fingerprint density at radius 1 is 1.59 bits per heavy atom. The summed E-state index contributed by atoms with van der Waals surface area (Å²) in [4.78, 5) is 4.40. The van der Waals surface area contributed by atoms with Gasteiger partial charge < -0.3 is 14.6 Å². The van der Waals surface area contributed by atoms with Gasteiger partial charge in [0.05, 0.1) is 19.2 Å². The smallest absolute Gasteiger partial charge is 0.122 e. The van der Waals surface area contributed by atoms with Crippen LogP contribution in [0.4, 0.5) is 0 Å². The van der Waals surface area contributed by atoms with Crippen LogP contribution in [0.25, 0.3) is 0 Å². The van der Waals surface area contributed by atoms with E-state index in [9.17, 15) is 0 Å². The van der Waals surface area contributed by atoms with Crippen molar-refractivity contribution in [2.75, 3.05) is 13.2 Å². The van der Waals surface area contributed by atoms with E-state index in [4.69, 9.17) is 4.74 Å². The maximum atomic E-state index is 5.65.